The summed E-state index contributed by atoms with van der Waals surface area (Å²) in [4.78, 5) is 24.7. The van der Waals surface area contributed by atoms with E-state index in [1.54, 1.807) is 41.5 Å². The zero-order valence-electron chi connectivity index (χ0n) is 19.2. The molecule has 10 nitrogen and oxygen atoms in total. The van der Waals surface area contributed by atoms with Crippen LogP contribution in [0.15, 0.2) is 0 Å². The second-order valence-corrected chi connectivity index (χ2v) is 5.82. The molecule has 0 amide bonds. The normalized spacial score (nSPS) is 12.1. The fourth-order valence-electron chi connectivity index (χ4n) is 2.41. The highest BCUT2D eigenvalue weighted by molar-refractivity contribution is 5.77. The molecule has 0 aliphatic rings. The lowest BCUT2D eigenvalue weighted by atomic mass is 10.3. The first-order valence-corrected chi connectivity index (χ1v) is 10.5. The first-order chi connectivity index (χ1) is 14.4. The molecular formula is C20H38O10. The first kappa shape index (κ1) is 28.7. The van der Waals surface area contributed by atoms with Gasteiger partial charge in [0.05, 0.1) is 39.3 Å². The molecule has 0 aliphatic heterocycles. The van der Waals surface area contributed by atoms with E-state index in [9.17, 15) is 9.59 Å². The van der Waals surface area contributed by atoms with Crippen molar-refractivity contribution >= 4 is 11.9 Å². The summed E-state index contributed by atoms with van der Waals surface area (Å²) in [6.45, 7) is 12.1. The van der Waals surface area contributed by atoms with E-state index in [1.807, 2.05) is 0 Å². The predicted molar refractivity (Wildman–Crippen MR) is 106 cm³/mol. The molecule has 0 bridgehead atoms. The van der Waals surface area contributed by atoms with Gasteiger partial charge in [0.15, 0.2) is 0 Å². The smallest absolute Gasteiger partial charge is 0.353 e. The van der Waals surface area contributed by atoms with Crippen LogP contribution in [0.1, 0.15) is 54.4 Å². The molecule has 10 heteroatoms. The summed E-state index contributed by atoms with van der Waals surface area (Å²) >= 11 is 0. The number of carbonyl (C=O) groups excluding carboxylic acids is 2. The average molecular weight is 439 g/mol. The molecule has 0 saturated carbocycles. The molecule has 0 aliphatic carbocycles. The predicted octanol–water partition coefficient (Wildman–Crippen LogP) is 2.38. The second-order valence-electron chi connectivity index (χ2n) is 5.82. The monoisotopic (exact) mass is 438 g/mol. The molecule has 0 radical (unpaired) electrons. The third-order valence-corrected chi connectivity index (χ3v) is 3.49. The highest BCUT2D eigenvalue weighted by atomic mass is 16.9. The van der Waals surface area contributed by atoms with Crippen molar-refractivity contribution in [1.29, 1.82) is 0 Å². The maximum absolute atomic E-state index is 12.3. The standard InChI is InChI=1S/C20H38O10/c1-7-23-15-19(25-9-3,26-10-4)29-17(21)13-14-18(22)30-20(27-11-5,28-12-6)16-24-8-2/h7-16H2,1-6H3. The van der Waals surface area contributed by atoms with E-state index in [4.69, 9.17) is 37.9 Å². The van der Waals surface area contributed by atoms with E-state index in [1.165, 1.54) is 0 Å². The molecule has 0 fully saturated rings. The number of rotatable bonds is 19. The lowest BCUT2D eigenvalue weighted by Crippen LogP contribution is -2.46. The summed E-state index contributed by atoms with van der Waals surface area (Å²) in [5, 5.41) is 0. The summed E-state index contributed by atoms with van der Waals surface area (Å²) in [6, 6.07) is 0. The number of hydrogen-bond donors (Lipinski definition) is 0. The van der Waals surface area contributed by atoms with Gasteiger partial charge in [-0.3, -0.25) is 9.59 Å². The summed E-state index contributed by atoms with van der Waals surface area (Å²) in [5.41, 5.74) is 0. The molecule has 0 heterocycles. The quantitative estimate of drug-likeness (QED) is 0.220. The second kappa shape index (κ2) is 16.4. The van der Waals surface area contributed by atoms with Crippen LogP contribution < -0.4 is 0 Å². The highest BCUT2D eigenvalue weighted by Gasteiger charge is 2.39. The maximum Gasteiger partial charge on any atom is 0.353 e. The van der Waals surface area contributed by atoms with Crippen molar-refractivity contribution in [2.45, 2.75) is 66.3 Å². The van der Waals surface area contributed by atoms with Gasteiger partial charge in [-0.2, -0.15) is 0 Å². The molecule has 0 unspecified atom stereocenters. The number of esters is 2. The average Bonchev–Trinajstić information content (AvgIpc) is 2.70. The number of hydrogen-bond acceptors (Lipinski definition) is 10. The topological polar surface area (TPSA) is 108 Å². The number of ether oxygens (including phenoxy) is 8. The Balaban J connectivity index is 4.95. The van der Waals surface area contributed by atoms with Crippen molar-refractivity contribution in [1.82, 2.24) is 0 Å². The Morgan fingerprint density at radius 3 is 1.07 bits per heavy atom. The lowest BCUT2D eigenvalue weighted by molar-refractivity contribution is -0.377. The third-order valence-electron chi connectivity index (χ3n) is 3.49. The van der Waals surface area contributed by atoms with Gasteiger partial charge >= 0.3 is 23.9 Å². The SMILES string of the molecule is CCOCC(OCC)(OCC)OC(=O)CCC(=O)OC(COCC)(OCC)OCC. The molecule has 0 spiro atoms. The molecule has 0 rings (SSSR count). The van der Waals surface area contributed by atoms with Crippen molar-refractivity contribution < 1.29 is 47.5 Å². The third kappa shape index (κ3) is 11.2. The molecule has 178 valence electrons. The Bertz CT molecular complexity index is 415. The van der Waals surface area contributed by atoms with Gasteiger partial charge in [0.25, 0.3) is 0 Å². The van der Waals surface area contributed by atoms with E-state index < -0.39 is 23.9 Å². The van der Waals surface area contributed by atoms with Crippen LogP contribution in [-0.4, -0.2) is 76.7 Å². The molecule has 0 saturated heterocycles. The highest BCUT2D eigenvalue weighted by Crippen LogP contribution is 2.20. The van der Waals surface area contributed by atoms with Crippen LogP contribution >= 0.6 is 0 Å². The molecule has 0 N–H and O–H groups in total. The summed E-state index contributed by atoms with van der Waals surface area (Å²) in [5.74, 6) is -4.71. The van der Waals surface area contributed by atoms with Gasteiger partial charge in [0.2, 0.25) is 0 Å². The van der Waals surface area contributed by atoms with Crippen LogP contribution in [0.4, 0.5) is 0 Å². The zero-order valence-corrected chi connectivity index (χ0v) is 19.2. The van der Waals surface area contributed by atoms with Crippen molar-refractivity contribution in [2.75, 3.05) is 52.9 Å². The first-order valence-electron chi connectivity index (χ1n) is 10.5. The van der Waals surface area contributed by atoms with E-state index in [-0.39, 0.29) is 52.5 Å². The van der Waals surface area contributed by atoms with Crippen LogP contribution in [0.25, 0.3) is 0 Å². The fourth-order valence-corrected chi connectivity index (χ4v) is 2.41. The molecule has 30 heavy (non-hydrogen) atoms. The minimum atomic E-state index is -1.66. The lowest BCUT2D eigenvalue weighted by Gasteiger charge is -2.32. The van der Waals surface area contributed by atoms with Crippen LogP contribution in [0, 0.1) is 0 Å². The summed E-state index contributed by atoms with van der Waals surface area (Å²) in [6.07, 6.45) is -0.508. The van der Waals surface area contributed by atoms with E-state index >= 15 is 0 Å². The molecular weight excluding hydrogens is 400 g/mol. The Morgan fingerprint density at radius 1 is 0.533 bits per heavy atom. The zero-order chi connectivity index (χ0) is 22.9. The fraction of sp³-hybridized carbons (Fsp3) is 0.900. The summed E-state index contributed by atoms with van der Waals surface area (Å²) in [7, 11) is 0. The van der Waals surface area contributed by atoms with Gasteiger partial charge in [0.1, 0.15) is 13.2 Å². The molecule has 0 aromatic rings. The minimum Gasteiger partial charge on any atom is -0.406 e. The van der Waals surface area contributed by atoms with Crippen LogP contribution in [0.5, 0.6) is 0 Å². The minimum absolute atomic E-state index is 0.0898. The van der Waals surface area contributed by atoms with Gasteiger partial charge in [-0.15, -0.1) is 0 Å². The molecule has 0 aromatic heterocycles. The Labute approximate surface area is 179 Å². The van der Waals surface area contributed by atoms with Crippen molar-refractivity contribution in [3.05, 3.63) is 0 Å². The van der Waals surface area contributed by atoms with E-state index in [0.29, 0.717) is 13.2 Å². The van der Waals surface area contributed by atoms with Crippen molar-refractivity contribution in [2.24, 2.45) is 0 Å². The van der Waals surface area contributed by atoms with Crippen LogP contribution in [0.2, 0.25) is 0 Å². The largest absolute Gasteiger partial charge is 0.406 e. The van der Waals surface area contributed by atoms with Crippen molar-refractivity contribution in [3.63, 3.8) is 0 Å². The summed E-state index contributed by atoms with van der Waals surface area (Å²) < 4.78 is 43.3. The van der Waals surface area contributed by atoms with Crippen LogP contribution in [-0.2, 0) is 47.5 Å². The molecule has 0 aromatic carbocycles. The van der Waals surface area contributed by atoms with Gasteiger partial charge in [-0.05, 0) is 41.5 Å². The van der Waals surface area contributed by atoms with Gasteiger partial charge < -0.3 is 37.9 Å². The van der Waals surface area contributed by atoms with Gasteiger partial charge in [-0.25, -0.2) is 0 Å². The van der Waals surface area contributed by atoms with Crippen molar-refractivity contribution in [3.8, 4) is 0 Å². The van der Waals surface area contributed by atoms with Crippen LogP contribution in [0.3, 0.4) is 0 Å². The van der Waals surface area contributed by atoms with E-state index in [2.05, 4.69) is 0 Å². The Hall–Kier alpha value is -1.30. The Kier molecular flexibility index (Phi) is 15.7. The Morgan fingerprint density at radius 2 is 0.833 bits per heavy atom. The van der Waals surface area contributed by atoms with E-state index in [0.717, 1.165) is 0 Å². The van der Waals surface area contributed by atoms with Gasteiger partial charge in [0, 0.05) is 13.2 Å². The maximum atomic E-state index is 12.3. The molecule has 0 atom stereocenters. The number of carbonyl (C=O) groups is 2. The van der Waals surface area contributed by atoms with Gasteiger partial charge in [-0.1, -0.05) is 0 Å².